The van der Waals surface area contributed by atoms with Gasteiger partial charge < -0.3 is 9.72 Å². The molecule has 0 atom stereocenters. The number of H-pyrrole nitrogens is 1. The lowest BCUT2D eigenvalue weighted by Gasteiger charge is -1.93. The van der Waals surface area contributed by atoms with Crippen molar-refractivity contribution >= 4 is 17.3 Å². The second-order valence-corrected chi connectivity index (χ2v) is 4.34. The largest absolute Gasteiger partial charge is 0.469 e. The normalized spacial score (nSPS) is 10.4. The number of aromatic amines is 1. The number of carbonyl (C=O) groups is 1. The zero-order valence-corrected chi connectivity index (χ0v) is 9.93. The maximum Gasteiger partial charge on any atom is 0.313 e. The SMILES string of the molecule is COC(=O)Cc1nc(-c2cccs2)c(C)[nH]1. The summed E-state index contributed by atoms with van der Waals surface area (Å²) in [5, 5.41) is 2.00. The summed E-state index contributed by atoms with van der Waals surface area (Å²) in [5.41, 5.74) is 1.88. The number of thiophene rings is 1. The molecule has 2 heterocycles. The van der Waals surface area contributed by atoms with Crippen LogP contribution in [-0.4, -0.2) is 23.0 Å². The lowest BCUT2D eigenvalue weighted by Crippen LogP contribution is -2.05. The van der Waals surface area contributed by atoms with Gasteiger partial charge in [0, 0.05) is 5.69 Å². The molecule has 0 aliphatic heterocycles. The zero-order chi connectivity index (χ0) is 11.5. The van der Waals surface area contributed by atoms with E-state index in [9.17, 15) is 4.79 Å². The van der Waals surface area contributed by atoms with Gasteiger partial charge in [-0.05, 0) is 18.4 Å². The Morgan fingerprint density at radius 1 is 1.62 bits per heavy atom. The maximum atomic E-state index is 11.1. The number of esters is 1. The number of methoxy groups -OCH3 is 1. The van der Waals surface area contributed by atoms with Gasteiger partial charge in [-0.2, -0.15) is 0 Å². The molecular formula is C11H12N2O2S. The molecule has 0 aliphatic carbocycles. The van der Waals surface area contributed by atoms with Crippen molar-refractivity contribution in [1.29, 1.82) is 0 Å². The van der Waals surface area contributed by atoms with E-state index in [1.54, 1.807) is 11.3 Å². The van der Waals surface area contributed by atoms with E-state index < -0.39 is 0 Å². The van der Waals surface area contributed by atoms with Crippen LogP contribution in [0.5, 0.6) is 0 Å². The molecule has 2 aromatic heterocycles. The third kappa shape index (κ3) is 2.14. The van der Waals surface area contributed by atoms with Crippen LogP contribution in [-0.2, 0) is 16.0 Å². The van der Waals surface area contributed by atoms with Crippen molar-refractivity contribution in [3.63, 3.8) is 0 Å². The summed E-state index contributed by atoms with van der Waals surface area (Å²) >= 11 is 1.63. The number of hydrogen-bond acceptors (Lipinski definition) is 4. The van der Waals surface area contributed by atoms with E-state index >= 15 is 0 Å². The molecule has 0 radical (unpaired) electrons. The van der Waals surface area contributed by atoms with Gasteiger partial charge in [0.15, 0.2) is 0 Å². The maximum absolute atomic E-state index is 11.1. The average Bonchev–Trinajstić information content (AvgIpc) is 2.87. The number of nitrogens with one attached hydrogen (secondary N) is 1. The first-order valence-electron chi connectivity index (χ1n) is 4.87. The highest BCUT2D eigenvalue weighted by Crippen LogP contribution is 2.25. The quantitative estimate of drug-likeness (QED) is 0.831. The summed E-state index contributed by atoms with van der Waals surface area (Å²) in [6, 6.07) is 3.99. The Bertz CT molecular complexity index is 488. The Morgan fingerprint density at radius 2 is 2.44 bits per heavy atom. The van der Waals surface area contributed by atoms with Gasteiger partial charge in [-0.25, -0.2) is 4.98 Å². The molecule has 4 nitrogen and oxygen atoms in total. The van der Waals surface area contributed by atoms with Crippen LogP contribution < -0.4 is 0 Å². The van der Waals surface area contributed by atoms with E-state index in [0.717, 1.165) is 16.3 Å². The molecule has 84 valence electrons. The number of ether oxygens (including phenoxy) is 1. The van der Waals surface area contributed by atoms with Crippen molar-refractivity contribution in [1.82, 2.24) is 9.97 Å². The van der Waals surface area contributed by atoms with Gasteiger partial charge in [0.2, 0.25) is 0 Å². The van der Waals surface area contributed by atoms with Crippen LogP contribution in [0.2, 0.25) is 0 Å². The second kappa shape index (κ2) is 4.49. The zero-order valence-electron chi connectivity index (χ0n) is 9.11. The van der Waals surface area contributed by atoms with Gasteiger partial charge in [-0.3, -0.25) is 4.79 Å². The highest BCUT2D eigenvalue weighted by Gasteiger charge is 2.12. The van der Waals surface area contributed by atoms with Gasteiger partial charge in [0.05, 0.1) is 12.0 Å². The summed E-state index contributed by atoms with van der Waals surface area (Å²) in [6.45, 7) is 1.95. The van der Waals surface area contributed by atoms with Crippen LogP contribution in [0, 0.1) is 6.92 Å². The molecule has 16 heavy (non-hydrogen) atoms. The number of rotatable bonds is 3. The number of aromatic nitrogens is 2. The molecule has 0 bridgehead atoms. The third-order valence-electron chi connectivity index (χ3n) is 2.23. The van der Waals surface area contributed by atoms with Crippen LogP contribution >= 0.6 is 11.3 Å². The van der Waals surface area contributed by atoms with Gasteiger partial charge >= 0.3 is 5.97 Å². The summed E-state index contributed by atoms with van der Waals surface area (Å²) in [7, 11) is 1.37. The molecule has 0 amide bonds. The monoisotopic (exact) mass is 236 g/mol. The van der Waals surface area contributed by atoms with Crippen LogP contribution in [0.4, 0.5) is 0 Å². The molecule has 0 saturated heterocycles. The molecule has 2 rings (SSSR count). The molecule has 5 heteroatoms. The van der Waals surface area contributed by atoms with E-state index in [-0.39, 0.29) is 12.4 Å². The van der Waals surface area contributed by atoms with Crippen molar-refractivity contribution in [2.24, 2.45) is 0 Å². The second-order valence-electron chi connectivity index (χ2n) is 3.39. The van der Waals surface area contributed by atoms with E-state index in [1.165, 1.54) is 7.11 Å². The molecule has 2 aromatic rings. The first-order valence-corrected chi connectivity index (χ1v) is 5.75. The van der Waals surface area contributed by atoms with Gasteiger partial charge in [0.25, 0.3) is 0 Å². The first-order chi connectivity index (χ1) is 7.70. The fourth-order valence-electron chi connectivity index (χ4n) is 1.47. The Hall–Kier alpha value is -1.62. The summed E-state index contributed by atoms with van der Waals surface area (Å²) < 4.78 is 4.60. The van der Waals surface area contributed by atoms with Crippen molar-refractivity contribution in [3.8, 4) is 10.6 Å². The number of carbonyl (C=O) groups excluding carboxylic acids is 1. The predicted octanol–water partition coefficient (Wildman–Crippen LogP) is 2.16. The van der Waals surface area contributed by atoms with Crippen LogP contribution in [0.1, 0.15) is 11.5 Å². The lowest BCUT2D eigenvalue weighted by atomic mass is 10.3. The fraction of sp³-hybridized carbons (Fsp3) is 0.273. The molecule has 1 N–H and O–H groups in total. The van der Waals surface area contributed by atoms with Crippen molar-refractivity contribution in [2.75, 3.05) is 7.11 Å². The molecule has 0 spiro atoms. The Balaban J connectivity index is 2.26. The molecular weight excluding hydrogens is 224 g/mol. The topological polar surface area (TPSA) is 55.0 Å². The predicted molar refractivity (Wildman–Crippen MR) is 62.4 cm³/mol. The Kier molecular flexibility index (Phi) is 3.05. The minimum absolute atomic E-state index is 0.183. The van der Waals surface area contributed by atoms with Crippen LogP contribution in [0.25, 0.3) is 10.6 Å². The molecule has 0 saturated carbocycles. The molecule has 0 unspecified atom stereocenters. The minimum atomic E-state index is -0.286. The fourth-order valence-corrected chi connectivity index (χ4v) is 2.24. The van der Waals surface area contributed by atoms with Crippen LogP contribution in [0.3, 0.4) is 0 Å². The first kappa shape index (κ1) is 10.9. The smallest absolute Gasteiger partial charge is 0.313 e. The number of imidazole rings is 1. The van der Waals surface area contributed by atoms with Crippen molar-refractivity contribution in [2.45, 2.75) is 13.3 Å². The van der Waals surface area contributed by atoms with Gasteiger partial charge in [0.1, 0.15) is 17.9 Å². The van der Waals surface area contributed by atoms with E-state index in [2.05, 4.69) is 14.7 Å². The minimum Gasteiger partial charge on any atom is -0.469 e. The average molecular weight is 236 g/mol. The van der Waals surface area contributed by atoms with Gasteiger partial charge in [-0.1, -0.05) is 6.07 Å². The number of nitrogens with zero attached hydrogens (tertiary/aromatic N) is 1. The summed E-state index contributed by atoms with van der Waals surface area (Å²) in [4.78, 5) is 19.7. The Morgan fingerprint density at radius 3 is 3.06 bits per heavy atom. The van der Waals surface area contributed by atoms with E-state index in [0.29, 0.717) is 5.82 Å². The number of aryl methyl sites for hydroxylation is 1. The van der Waals surface area contributed by atoms with Crippen LogP contribution in [0.15, 0.2) is 17.5 Å². The molecule has 0 aromatic carbocycles. The number of hydrogen-bond donors (Lipinski definition) is 1. The summed E-state index contributed by atoms with van der Waals surface area (Å²) in [6.07, 6.45) is 0.183. The van der Waals surface area contributed by atoms with Gasteiger partial charge in [-0.15, -0.1) is 11.3 Å². The Labute approximate surface area is 97.3 Å². The third-order valence-corrected chi connectivity index (χ3v) is 3.10. The molecule has 0 aliphatic rings. The van der Waals surface area contributed by atoms with E-state index in [1.807, 2.05) is 24.4 Å². The highest BCUT2D eigenvalue weighted by atomic mass is 32.1. The standard InChI is InChI=1S/C11H12N2O2S/c1-7-11(8-4-3-5-16-8)13-9(12-7)6-10(14)15-2/h3-5H,6H2,1-2H3,(H,12,13). The van der Waals surface area contributed by atoms with E-state index in [4.69, 9.17) is 0 Å². The lowest BCUT2D eigenvalue weighted by molar-refractivity contribution is -0.139. The highest BCUT2D eigenvalue weighted by molar-refractivity contribution is 7.13. The summed E-state index contributed by atoms with van der Waals surface area (Å²) in [5.74, 6) is 0.360. The van der Waals surface area contributed by atoms with Crippen molar-refractivity contribution in [3.05, 3.63) is 29.0 Å². The van der Waals surface area contributed by atoms with Crippen molar-refractivity contribution < 1.29 is 9.53 Å². The molecule has 0 fully saturated rings.